The fourth-order valence-electron chi connectivity index (χ4n) is 7.88. The molecule has 0 aromatic rings. The lowest BCUT2D eigenvalue weighted by Crippen LogP contribution is -2.54. The number of hydrogen-bond donors (Lipinski definition) is 0. The van der Waals surface area contributed by atoms with Crippen LogP contribution in [0.5, 0.6) is 0 Å². The number of thioether (sulfide) groups is 2. The second-order valence-electron chi connectivity index (χ2n) is 10.00. The van der Waals surface area contributed by atoms with Crippen molar-refractivity contribution >= 4 is 35.5 Å². The smallest absolute Gasteiger partial charge is 0.318 e. The second kappa shape index (κ2) is 4.99. The number of ether oxygens (including phenoxy) is 1. The Morgan fingerprint density at radius 2 is 1.21 bits per heavy atom. The summed E-state index contributed by atoms with van der Waals surface area (Å²) in [6, 6.07) is 0. The lowest BCUT2D eigenvalue weighted by Gasteiger charge is -2.56. The van der Waals surface area contributed by atoms with E-state index in [2.05, 4.69) is 51.2 Å². The third-order valence-electron chi connectivity index (χ3n) is 9.01. The van der Waals surface area contributed by atoms with Gasteiger partial charge in [-0.15, -0.1) is 23.5 Å². The van der Waals surface area contributed by atoms with E-state index in [-0.39, 0.29) is 45.1 Å². The molecule has 1 saturated carbocycles. The quantitative estimate of drug-likeness (QED) is 0.390. The molecule has 0 N–H and O–H groups in total. The van der Waals surface area contributed by atoms with Crippen molar-refractivity contribution in [2.75, 3.05) is 0 Å². The van der Waals surface area contributed by atoms with Crippen molar-refractivity contribution in [1.29, 1.82) is 0 Å². The molecular formula is C24H24O3S2. The standard InChI is InChI=1S/C24H24O3S2/c1-9-11-5-7-13-15-16-14(18-17(13)21(25)27-22(18)26)8-6-12-10(2)29-24(4,20(12)16)23(3,28-9)19(11)15/h13-14,17-18H,5-8H2,1-4H3/t13-,14+,17+,18-,23-,24-/m1/s1. The first-order valence-corrected chi connectivity index (χ1v) is 12.4. The maximum absolute atomic E-state index is 12.8. The molecule has 7 aliphatic rings. The van der Waals surface area contributed by atoms with Gasteiger partial charge in [0.25, 0.3) is 0 Å². The van der Waals surface area contributed by atoms with Crippen LogP contribution in [0.2, 0.25) is 0 Å². The fourth-order valence-corrected chi connectivity index (χ4v) is 11.3. The van der Waals surface area contributed by atoms with E-state index < -0.39 is 0 Å². The van der Waals surface area contributed by atoms with Crippen LogP contribution in [0.25, 0.3) is 0 Å². The highest BCUT2D eigenvalue weighted by Gasteiger charge is 2.68. The summed E-state index contributed by atoms with van der Waals surface area (Å²) >= 11 is 4.11. The zero-order chi connectivity index (χ0) is 20.0. The number of carbonyl (C=O) groups is 2. The molecule has 3 heterocycles. The summed E-state index contributed by atoms with van der Waals surface area (Å²) in [5.41, 5.74) is 9.02. The van der Waals surface area contributed by atoms with Crippen molar-refractivity contribution in [1.82, 2.24) is 0 Å². The molecule has 0 aromatic carbocycles. The predicted octanol–water partition coefficient (Wildman–Crippen LogP) is 5.30. The van der Waals surface area contributed by atoms with Crippen LogP contribution in [0.3, 0.4) is 0 Å². The van der Waals surface area contributed by atoms with Gasteiger partial charge in [-0.1, -0.05) is 0 Å². The first kappa shape index (κ1) is 17.5. The zero-order valence-electron chi connectivity index (χ0n) is 17.2. The van der Waals surface area contributed by atoms with Crippen molar-refractivity contribution in [3.05, 3.63) is 43.2 Å². The Hall–Kier alpha value is -1.20. The van der Waals surface area contributed by atoms with E-state index in [0.717, 1.165) is 25.7 Å². The third kappa shape index (κ3) is 1.65. The summed E-state index contributed by atoms with van der Waals surface area (Å²) < 4.78 is 5.26. The zero-order valence-corrected chi connectivity index (χ0v) is 18.8. The number of hydrogen-bond acceptors (Lipinski definition) is 5. The van der Waals surface area contributed by atoms with E-state index in [1.807, 2.05) is 0 Å². The number of fused-ring (bicyclic) bond motifs is 4. The molecule has 3 nitrogen and oxygen atoms in total. The topological polar surface area (TPSA) is 43.4 Å². The molecule has 4 aliphatic carbocycles. The molecule has 0 radical (unpaired) electrons. The number of esters is 2. The van der Waals surface area contributed by atoms with Gasteiger partial charge >= 0.3 is 11.9 Å². The highest BCUT2D eigenvalue weighted by atomic mass is 32.2. The van der Waals surface area contributed by atoms with Gasteiger partial charge in [-0.25, -0.2) is 0 Å². The largest absolute Gasteiger partial charge is 0.393 e. The van der Waals surface area contributed by atoms with Crippen molar-refractivity contribution in [2.24, 2.45) is 23.7 Å². The van der Waals surface area contributed by atoms with E-state index in [0.29, 0.717) is 0 Å². The van der Waals surface area contributed by atoms with Gasteiger partial charge in [-0.2, -0.15) is 0 Å². The average Bonchev–Trinajstić information content (AvgIpc) is 3.24. The van der Waals surface area contributed by atoms with E-state index in [4.69, 9.17) is 4.74 Å². The van der Waals surface area contributed by atoms with E-state index in [9.17, 15) is 9.59 Å². The summed E-state index contributed by atoms with van der Waals surface area (Å²) in [5.74, 6) is -0.744. The van der Waals surface area contributed by atoms with Crippen LogP contribution < -0.4 is 0 Å². The van der Waals surface area contributed by atoms with Gasteiger partial charge < -0.3 is 4.74 Å². The van der Waals surface area contributed by atoms with Gasteiger partial charge in [0.05, 0.1) is 21.3 Å². The van der Waals surface area contributed by atoms with Gasteiger partial charge in [0.2, 0.25) is 0 Å². The number of allylic oxidation sites excluding steroid dienone is 6. The Balaban J connectivity index is 1.62. The number of cyclic esters (lactones) is 2. The fraction of sp³-hybridized carbons (Fsp3) is 0.583. The molecule has 1 saturated heterocycles. The number of carbonyl (C=O) groups excluding carboxylic acids is 2. The van der Waals surface area contributed by atoms with Crippen molar-refractivity contribution in [3.8, 4) is 0 Å². The molecule has 7 rings (SSSR count). The maximum Gasteiger partial charge on any atom is 0.318 e. The number of rotatable bonds is 0. The summed E-state index contributed by atoms with van der Waals surface area (Å²) in [4.78, 5) is 28.6. The van der Waals surface area contributed by atoms with Gasteiger partial charge in [0.15, 0.2) is 0 Å². The van der Waals surface area contributed by atoms with Crippen molar-refractivity contribution < 1.29 is 14.3 Å². The Labute approximate surface area is 179 Å². The van der Waals surface area contributed by atoms with Crippen LogP contribution in [0.15, 0.2) is 43.2 Å². The normalized spacial score (nSPS) is 46.6. The summed E-state index contributed by atoms with van der Waals surface area (Å²) in [6.45, 7) is 9.47. The van der Waals surface area contributed by atoms with Crippen LogP contribution in [-0.4, -0.2) is 21.4 Å². The molecule has 0 spiro atoms. The van der Waals surface area contributed by atoms with Crippen LogP contribution in [0.4, 0.5) is 0 Å². The minimum absolute atomic E-state index is 0.00578. The summed E-state index contributed by atoms with van der Waals surface area (Å²) in [7, 11) is 0. The third-order valence-corrected chi connectivity index (χ3v) is 12.3. The molecular weight excluding hydrogens is 400 g/mol. The molecule has 0 aromatic heterocycles. The van der Waals surface area contributed by atoms with E-state index >= 15 is 0 Å². The lowest BCUT2D eigenvalue weighted by atomic mass is 9.50. The van der Waals surface area contributed by atoms with Crippen LogP contribution in [0.1, 0.15) is 53.4 Å². The molecule has 150 valence electrons. The average molecular weight is 425 g/mol. The van der Waals surface area contributed by atoms with Gasteiger partial charge in [0, 0.05) is 0 Å². The Morgan fingerprint density at radius 3 is 1.62 bits per heavy atom. The molecule has 6 atom stereocenters. The van der Waals surface area contributed by atoms with E-state index in [1.165, 1.54) is 43.2 Å². The molecule has 29 heavy (non-hydrogen) atoms. The monoisotopic (exact) mass is 424 g/mol. The summed E-state index contributed by atoms with van der Waals surface area (Å²) in [5, 5.41) is 0. The highest BCUT2D eigenvalue weighted by Crippen LogP contribution is 2.75. The van der Waals surface area contributed by atoms with Crippen LogP contribution >= 0.6 is 23.5 Å². The lowest BCUT2D eigenvalue weighted by molar-refractivity contribution is -0.154. The van der Waals surface area contributed by atoms with E-state index in [1.54, 1.807) is 0 Å². The second-order valence-corrected chi connectivity index (χ2v) is 13.3. The minimum atomic E-state index is -0.263. The highest BCUT2D eigenvalue weighted by molar-refractivity contribution is 8.09. The maximum atomic E-state index is 12.8. The first-order valence-electron chi connectivity index (χ1n) is 10.8. The van der Waals surface area contributed by atoms with Gasteiger partial charge in [-0.3, -0.25) is 9.59 Å². The molecule has 3 aliphatic heterocycles. The minimum Gasteiger partial charge on any atom is -0.393 e. The Kier molecular flexibility index (Phi) is 3.01. The molecule has 0 unspecified atom stereocenters. The molecule has 0 bridgehead atoms. The molecule has 0 amide bonds. The Morgan fingerprint density at radius 1 is 0.793 bits per heavy atom. The van der Waals surface area contributed by atoms with Gasteiger partial charge in [0.1, 0.15) is 0 Å². The van der Waals surface area contributed by atoms with Crippen molar-refractivity contribution in [3.63, 3.8) is 0 Å². The SMILES string of the molecule is CC1=C2CC[C@@H]3C4=C2[C@@](C)(S1)[C@]1(C)SC(C)=C2CC[C@@H](C4=C21)[C@H]1C(=O)OC(=O)[C@H]13. The predicted molar refractivity (Wildman–Crippen MR) is 115 cm³/mol. The molecule has 5 heteroatoms. The van der Waals surface area contributed by atoms with Gasteiger partial charge in [-0.05, 0) is 108 Å². The molecule has 2 fully saturated rings. The Bertz CT molecular complexity index is 1020. The van der Waals surface area contributed by atoms with Crippen LogP contribution in [-0.2, 0) is 14.3 Å². The first-order chi connectivity index (χ1) is 13.8. The van der Waals surface area contributed by atoms with Crippen molar-refractivity contribution in [2.45, 2.75) is 62.9 Å². The van der Waals surface area contributed by atoms with Crippen LogP contribution in [0, 0.1) is 23.7 Å². The summed E-state index contributed by atoms with van der Waals surface area (Å²) in [6.07, 6.45) is 3.99.